The zero-order valence-corrected chi connectivity index (χ0v) is 9.49. The summed E-state index contributed by atoms with van der Waals surface area (Å²) in [5, 5.41) is 10.1. The van der Waals surface area contributed by atoms with Crippen LogP contribution >= 0.6 is 0 Å². The summed E-state index contributed by atoms with van der Waals surface area (Å²) in [7, 11) is 0. The molecule has 0 spiro atoms. The van der Waals surface area contributed by atoms with Gasteiger partial charge < -0.3 is 10.1 Å². The average molecular weight is 217 g/mol. The van der Waals surface area contributed by atoms with Crippen molar-refractivity contribution < 1.29 is 5.11 Å². The topological polar surface area (TPSA) is 61.8 Å². The van der Waals surface area contributed by atoms with E-state index in [0.717, 1.165) is 16.9 Å². The smallest absolute Gasteiger partial charge is 0.178 e. The summed E-state index contributed by atoms with van der Waals surface area (Å²) in [6.45, 7) is 3.55. The number of imidazole rings is 1. The van der Waals surface area contributed by atoms with E-state index < -0.39 is 5.60 Å². The highest BCUT2D eigenvalue weighted by atomic mass is 16.3. The van der Waals surface area contributed by atoms with Crippen molar-refractivity contribution in [3.05, 3.63) is 23.7 Å². The number of aromatic amines is 1. The summed E-state index contributed by atoms with van der Waals surface area (Å²) in [5.41, 5.74) is 1.57. The van der Waals surface area contributed by atoms with Crippen LogP contribution in [0.25, 0.3) is 11.2 Å². The van der Waals surface area contributed by atoms with Gasteiger partial charge in [-0.15, -0.1) is 0 Å². The predicted octanol–water partition coefficient (Wildman–Crippen LogP) is 2.06. The highest BCUT2D eigenvalue weighted by Gasteiger charge is 2.28. The molecular formula is C12H15N3O. The lowest BCUT2D eigenvalue weighted by molar-refractivity contribution is 0.0799. The summed E-state index contributed by atoms with van der Waals surface area (Å²) in [4.78, 5) is 12.0. The molecule has 0 unspecified atom stereocenters. The molecule has 0 radical (unpaired) electrons. The molecule has 0 bridgehead atoms. The average Bonchev–Trinajstić information content (AvgIpc) is 2.95. The minimum atomic E-state index is -0.867. The normalized spacial score (nSPS) is 16.9. The second kappa shape index (κ2) is 3.04. The van der Waals surface area contributed by atoms with Crippen LogP contribution in [0.3, 0.4) is 0 Å². The van der Waals surface area contributed by atoms with Crippen molar-refractivity contribution in [3.63, 3.8) is 0 Å². The number of hydrogen-bond donors (Lipinski definition) is 2. The number of nitrogens with one attached hydrogen (secondary N) is 1. The molecular weight excluding hydrogens is 202 g/mol. The highest BCUT2D eigenvalue weighted by molar-refractivity contribution is 5.75. The van der Waals surface area contributed by atoms with Crippen molar-refractivity contribution in [2.75, 3.05) is 0 Å². The first-order chi connectivity index (χ1) is 7.55. The fourth-order valence-corrected chi connectivity index (χ4v) is 1.99. The largest absolute Gasteiger partial charge is 0.386 e. The first-order valence-electron chi connectivity index (χ1n) is 5.63. The molecule has 4 heteroatoms. The molecule has 4 nitrogen and oxygen atoms in total. The van der Waals surface area contributed by atoms with E-state index in [1.807, 2.05) is 6.07 Å². The van der Waals surface area contributed by atoms with Gasteiger partial charge in [0.15, 0.2) is 5.65 Å². The van der Waals surface area contributed by atoms with E-state index in [0.29, 0.717) is 11.6 Å². The molecule has 0 amide bonds. The number of fused-ring (bicyclic) bond motifs is 1. The molecule has 16 heavy (non-hydrogen) atoms. The Morgan fingerprint density at radius 1 is 1.44 bits per heavy atom. The Morgan fingerprint density at radius 2 is 2.19 bits per heavy atom. The van der Waals surface area contributed by atoms with Gasteiger partial charge in [0.2, 0.25) is 0 Å². The number of aliphatic hydroxyl groups is 1. The molecule has 3 rings (SSSR count). The van der Waals surface area contributed by atoms with Crippen molar-refractivity contribution in [2.24, 2.45) is 0 Å². The number of pyridine rings is 1. The van der Waals surface area contributed by atoms with Crippen LogP contribution in [0.15, 0.2) is 12.3 Å². The summed E-state index contributed by atoms with van der Waals surface area (Å²) in [5.74, 6) is 1.59. The van der Waals surface area contributed by atoms with Gasteiger partial charge in [0.1, 0.15) is 5.82 Å². The minimum Gasteiger partial charge on any atom is -0.386 e. The van der Waals surface area contributed by atoms with Crippen LogP contribution in [0.4, 0.5) is 0 Å². The fourth-order valence-electron chi connectivity index (χ4n) is 1.99. The van der Waals surface area contributed by atoms with Crippen LogP contribution < -0.4 is 0 Å². The first kappa shape index (κ1) is 9.78. The predicted molar refractivity (Wildman–Crippen MR) is 61.1 cm³/mol. The SMILES string of the molecule is CC(C)(O)c1ccnc2nc(C3CC3)[nH]c12. The quantitative estimate of drug-likeness (QED) is 0.809. The van der Waals surface area contributed by atoms with Crippen LogP contribution in [0.1, 0.15) is 44.0 Å². The van der Waals surface area contributed by atoms with E-state index in [2.05, 4.69) is 15.0 Å². The van der Waals surface area contributed by atoms with E-state index in [4.69, 9.17) is 0 Å². The molecule has 84 valence electrons. The second-order valence-electron chi connectivity index (χ2n) is 5.01. The molecule has 2 aromatic heterocycles. The molecule has 0 saturated heterocycles. The molecule has 2 aromatic rings. The number of aromatic nitrogens is 3. The van der Waals surface area contributed by atoms with Crippen molar-refractivity contribution >= 4 is 11.2 Å². The molecule has 2 N–H and O–H groups in total. The van der Waals surface area contributed by atoms with Crippen molar-refractivity contribution in [2.45, 2.75) is 38.2 Å². The van der Waals surface area contributed by atoms with Gasteiger partial charge in [-0.3, -0.25) is 0 Å². The number of nitrogens with zero attached hydrogens (tertiary/aromatic N) is 2. The molecule has 0 aliphatic heterocycles. The lowest BCUT2D eigenvalue weighted by Gasteiger charge is -2.17. The zero-order chi connectivity index (χ0) is 11.3. The Bertz CT molecular complexity index is 535. The standard InChI is InChI=1S/C12H15N3O/c1-12(2,16)8-5-6-13-11-9(8)14-10(15-11)7-3-4-7/h5-7,16H,3-4H2,1-2H3,(H,13,14,15). The van der Waals surface area contributed by atoms with Crippen molar-refractivity contribution in [1.82, 2.24) is 15.0 Å². The van der Waals surface area contributed by atoms with Crippen LogP contribution in [-0.4, -0.2) is 20.1 Å². The van der Waals surface area contributed by atoms with Crippen LogP contribution in [0.2, 0.25) is 0 Å². The molecule has 1 aliphatic rings. The van der Waals surface area contributed by atoms with E-state index in [1.54, 1.807) is 20.0 Å². The number of rotatable bonds is 2. The third kappa shape index (κ3) is 1.50. The number of H-pyrrole nitrogens is 1. The van der Waals surface area contributed by atoms with Crippen molar-refractivity contribution in [3.8, 4) is 0 Å². The van der Waals surface area contributed by atoms with E-state index in [1.165, 1.54) is 12.8 Å². The maximum Gasteiger partial charge on any atom is 0.178 e. The summed E-state index contributed by atoms with van der Waals surface area (Å²) in [6.07, 6.45) is 4.11. The van der Waals surface area contributed by atoms with Gasteiger partial charge in [-0.05, 0) is 32.8 Å². The van der Waals surface area contributed by atoms with Gasteiger partial charge in [0.05, 0.1) is 11.1 Å². The van der Waals surface area contributed by atoms with Gasteiger partial charge in [-0.1, -0.05) is 0 Å². The van der Waals surface area contributed by atoms with Gasteiger partial charge in [0, 0.05) is 17.7 Å². The van der Waals surface area contributed by atoms with Crippen LogP contribution in [-0.2, 0) is 5.60 Å². The van der Waals surface area contributed by atoms with Gasteiger partial charge >= 0.3 is 0 Å². The van der Waals surface area contributed by atoms with E-state index >= 15 is 0 Å². The Morgan fingerprint density at radius 3 is 2.81 bits per heavy atom. The van der Waals surface area contributed by atoms with Gasteiger partial charge in [0.25, 0.3) is 0 Å². The van der Waals surface area contributed by atoms with Gasteiger partial charge in [-0.2, -0.15) is 0 Å². The van der Waals surface area contributed by atoms with Crippen LogP contribution in [0, 0.1) is 0 Å². The summed E-state index contributed by atoms with van der Waals surface area (Å²) < 4.78 is 0. The number of hydrogen-bond acceptors (Lipinski definition) is 3. The Hall–Kier alpha value is -1.42. The first-order valence-corrected chi connectivity index (χ1v) is 5.63. The third-order valence-electron chi connectivity index (χ3n) is 3.03. The molecule has 2 heterocycles. The molecule has 0 aromatic carbocycles. The van der Waals surface area contributed by atoms with Crippen molar-refractivity contribution in [1.29, 1.82) is 0 Å². The third-order valence-corrected chi connectivity index (χ3v) is 3.03. The lowest BCUT2D eigenvalue weighted by atomic mass is 9.99. The summed E-state index contributed by atoms with van der Waals surface area (Å²) >= 11 is 0. The summed E-state index contributed by atoms with van der Waals surface area (Å²) in [6, 6.07) is 1.84. The second-order valence-corrected chi connectivity index (χ2v) is 5.01. The van der Waals surface area contributed by atoms with Crippen LogP contribution in [0.5, 0.6) is 0 Å². The maximum atomic E-state index is 10.1. The minimum absolute atomic E-state index is 0.573. The maximum absolute atomic E-state index is 10.1. The highest BCUT2D eigenvalue weighted by Crippen LogP contribution is 2.39. The lowest BCUT2D eigenvalue weighted by Crippen LogP contribution is -2.16. The Labute approximate surface area is 93.7 Å². The molecule has 1 aliphatic carbocycles. The Kier molecular flexibility index (Phi) is 1.86. The zero-order valence-electron chi connectivity index (χ0n) is 9.49. The molecule has 1 saturated carbocycles. The molecule has 0 atom stereocenters. The molecule has 1 fully saturated rings. The fraction of sp³-hybridized carbons (Fsp3) is 0.500. The van der Waals surface area contributed by atoms with E-state index in [9.17, 15) is 5.11 Å². The Balaban J connectivity index is 2.21. The monoisotopic (exact) mass is 217 g/mol. The van der Waals surface area contributed by atoms with E-state index in [-0.39, 0.29) is 0 Å². The van der Waals surface area contributed by atoms with Gasteiger partial charge in [-0.25, -0.2) is 9.97 Å².